The molecule has 1 N–H and O–H groups in total. The van der Waals surface area contributed by atoms with Crippen LogP contribution in [0.15, 0.2) is 41.2 Å². The smallest absolute Gasteiger partial charge is 0.260 e. The first-order chi connectivity index (χ1) is 15.5. The Hall–Kier alpha value is -2.92. The minimum absolute atomic E-state index is 0.0185. The Bertz CT molecular complexity index is 1330. The third kappa shape index (κ3) is 3.97. The zero-order valence-corrected chi connectivity index (χ0v) is 19.7. The molecule has 2 heterocycles. The number of thiophene rings is 1. The summed E-state index contributed by atoms with van der Waals surface area (Å²) in [6.07, 6.45) is 5.66. The Morgan fingerprint density at radius 1 is 1.00 bits per heavy atom. The topological polar surface area (TPSA) is 55.0 Å². The van der Waals surface area contributed by atoms with E-state index < -0.39 is 0 Å². The van der Waals surface area contributed by atoms with Crippen molar-refractivity contribution in [1.82, 2.24) is 9.97 Å². The first kappa shape index (κ1) is 21.0. The second kappa shape index (κ2) is 8.55. The van der Waals surface area contributed by atoms with Crippen LogP contribution in [0.25, 0.3) is 21.6 Å². The molecule has 4 nitrogen and oxygen atoms in total. The van der Waals surface area contributed by atoms with Crippen LogP contribution in [0.5, 0.6) is 5.75 Å². The summed E-state index contributed by atoms with van der Waals surface area (Å²) in [5, 5.41) is 0.805. The lowest BCUT2D eigenvalue weighted by Gasteiger charge is -2.13. The maximum absolute atomic E-state index is 12.9. The molecule has 0 atom stereocenters. The molecule has 2 aromatic carbocycles. The first-order valence-corrected chi connectivity index (χ1v) is 12.2. The van der Waals surface area contributed by atoms with Crippen molar-refractivity contribution in [2.24, 2.45) is 0 Å². The van der Waals surface area contributed by atoms with Gasteiger partial charge in [0.1, 0.15) is 23.0 Å². The van der Waals surface area contributed by atoms with Crippen LogP contribution in [0.1, 0.15) is 52.0 Å². The molecule has 0 spiro atoms. The van der Waals surface area contributed by atoms with Gasteiger partial charge in [0.15, 0.2) is 0 Å². The number of hydrogen-bond acceptors (Lipinski definition) is 4. The molecule has 0 saturated heterocycles. The van der Waals surface area contributed by atoms with E-state index in [9.17, 15) is 4.79 Å². The SMILES string of the molecule is Cc1cc(C)c(COc2ccc(-c3nc4sc5c(c4c(=O)[nH]3)CCCCC5)cc2)c(C)c1. The van der Waals surface area contributed by atoms with Crippen molar-refractivity contribution < 1.29 is 4.74 Å². The Balaban J connectivity index is 1.39. The minimum Gasteiger partial charge on any atom is -0.489 e. The number of benzene rings is 2. The standard InChI is InChI=1S/C27H28N2O2S/c1-16-13-17(2)22(18(3)14-16)15-31-20-11-9-19(10-12-20)25-28-26(30)24-21-7-5-4-6-8-23(21)32-27(24)29-25/h9-14H,4-8,15H2,1-3H3,(H,28,29,30). The van der Waals surface area contributed by atoms with Crippen molar-refractivity contribution in [3.63, 3.8) is 0 Å². The average molecular weight is 445 g/mol. The molecule has 1 aliphatic carbocycles. The van der Waals surface area contributed by atoms with Crippen LogP contribution < -0.4 is 10.3 Å². The highest BCUT2D eigenvalue weighted by Crippen LogP contribution is 2.33. The lowest BCUT2D eigenvalue weighted by molar-refractivity contribution is 0.304. The molecule has 0 amide bonds. The molecule has 0 bridgehead atoms. The number of H-pyrrole nitrogens is 1. The zero-order chi connectivity index (χ0) is 22.2. The number of aryl methyl sites for hydroxylation is 5. The summed E-state index contributed by atoms with van der Waals surface area (Å²) in [5.74, 6) is 1.43. The Morgan fingerprint density at radius 3 is 2.47 bits per heavy atom. The predicted molar refractivity (Wildman–Crippen MR) is 132 cm³/mol. The highest BCUT2D eigenvalue weighted by molar-refractivity contribution is 7.18. The molecule has 1 aliphatic rings. The van der Waals surface area contributed by atoms with Crippen molar-refractivity contribution in [3.05, 3.63) is 79.4 Å². The maximum atomic E-state index is 12.9. The highest BCUT2D eigenvalue weighted by Gasteiger charge is 2.19. The van der Waals surface area contributed by atoms with Crippen LogP contribution in [0.2, 0.25) is 0 Å². The predicted octanol–water partition coefficient (Wildman–Crippen LogP) is 6.42. The third-order valence-corrected chi connectivity index (χ3v) is 7.61. The zero-order valence-electron chi connectivity index (χ0n) is 18.9. The minimum atomic E-state index is -0.0185. The summed E-state index contributed by atoms with van der Waals surface area (Å²) in [7, 11) is 0. The molecule has 0 fully saturated rings. The van der Waals surface area contributed by atoms with Crippen LogP contribution in [-0.4, -0.2) is 9.97 Å². The third-order valence-electron chi connectivity index (χ3n) is 6.43. The van der Waals surface area contributed by atoms with Crippen molar-refractivity contribution in [2.45, 2.75) is 59.5 Å². The van der Waals surface area contributed by atoms with Crippen LogP contribution in [0.4, 0.5) is 0 Å². The number of hydrogen-bond donors (Lipinski definition) is 1. The summed E-state index contributed by atoms with van der Waals surface area (Å²) < 4.78 is 6.06. The highest BCUT2D eigenvalue weighted by atomic mass is 32.1. The number of fused-ring (bicyclic) bond motifs is 3. The van der Waals surface area contributed by atoms with Gasteiger partial charge in [0.05, 0.1) is 5.39 Å². The number of ether oxygens (including phenoxy) is 1. The van der Waals surface area contributed by atoms with E-state index in [0.29, 0.717) is 12.4 Å². The van der Waals surface area contributed by atoms with E-state index in [-0.39, 0.29) is 5.56 Å². The monoisotopic (exact) mass is 444 g/mol. The molecule has 4 aromatic rings. The quantitative estimate of drug-likeness (QED) is 0.369. The fraction of sp³-hybridized carbons (Fsp3) is 0.333. The van der Waals surface area contributed by atoms with Gasteiger partial charge in [0.2, 0.25) is 0 Å². The summed E-state index contributed by atoms with van der Waals surface area (Å²) in [6, 6.07) is 12.2. The van der Waals surface area contributed by atoms with Crippen LogP contribution in [-0.2, 0) is 19.4 Å². The van der Waals surface area contributed by atoms with Crippen molar-refractivity contribution in [3.8, 4) is 17.1 Å². The summed E-state index contributed by atoms with van der Waals surface area (Å²) in [6.45, 7) is 6.92. The molecule has 2 aromatic heterocycles. The summed E-state index contributed by atoms with van der Waals surface area (Å²) >= 11 is 1.69. The molecule has 0 saturated carbocycles. The van der Waals surface area contributed by atoms with E-state index in [4.69, 9.17) is 9.72 Å². The molecular formula is C27H28N2O2S. The van der Waals surface area contributed by atoms with E-state index in [0.717, 1.165) is 40.8 Å². The van der Waals surface area contributed by atoms with Crippen molar-refractivity contribution >= 4 is 21.6 Å². The van der Waals surface area contributed by atoms with Gasteiger partial charge >= 0.3 is 0 Å². The van der Waals surface area contributed by atoms with E-state index >= 15 is 0 Å². The van der Waals surface area contributed by atoms with Gasteiger partial charge in [0.25, 0.3) is 5.56 Å². The molecule has 164 valence electrons. The summed E-state index contributed by atoms with van der Waals surface area (Å²) in [5.41, 5.74) is 7.11. The maximum Gasteiger partial charge on any atom is 0.260 e. The van der Waals surface area contributed by atoms with E-state index in [1.165, 1.54) is 45.5 Å². The largest absolute Gasteiger partial charge is 0.489 e. The number of aromatic nitrogens is 2. The normalized spacial score (nSPS) is 13.7. The van der Waals surface area contributed by atoms with Gasteiger partial charge in [-0.3, -0.25) is 4.79 Å². The lowest BCUT2D eigenvalue weighted by Crippen LogP contribution is -2.10. The second-order valence-corrected chi connectivity index (χ2v) is 9.93. The fourth-order valence-corrected chi connectivity index (χ4v) is 6.04. The van der Waals surface area contributed by atoms with Gasteiger partial charge in [-0.25, -0.2) is 4.98 Å². The van der Waals surface area contributed by atoms with Gasteiger partial charge in [-0.1, -0.05) is 24.1 Å². The Kier molecular flexibility index (Phi) is 5.60. The fourth-order valence-electron chi connectivity index (χ4n) is 4.78. The van der Waals surface area contributed by atoms with Gasteiger partial charge in [-0.2, -0.15) is 0 Å². The Morgan fingerprint density at radius 2 is 1.72 bits per heavy atom. The van der Waals surface area contributed by atoms with Gasteiger partial charge in [-0.05, 0) is 93.0 Å². The van der Waals surface area contributed by atoms with Crippen molar-refractivity contribution in [1.29, 1.82) is 0 Å². The van der Waals surface area contributed by atoms with Crippen LogP contribution in [0, 0.1) is 20.8 Å². The van der Waals surface area contributed by atoms with E-state index in [2.05, 4.69) is 37.9 Å². The molecule has 5 heteroatoms. The number of rotatable bonds is 4. The Labute approximate surface area is 192 Å². The first-order valence-electron chi connectivity index (χ1n) is 11.3. The molecule has 0 unspecified atom stereocenters. The molecule has 0 radical (unpaired) electrons. The number of nitrogens with zero attached hydrogens (tertiary/aromatic N) is 1. The number of aromatic amines is 1. The van der Waals surface area contributed by atoms with Crippen molar-refractivity contribution in [2.75, 3.05) is 0 Å². The molecular weight excluding hydrogens is 416 g/mol. The van der Waals surface area contributed by atoms with Gasteiger partial charge < -0.3 is 9.72 Å². The average Bonchev–Trinajstić information content (AvgIpc) is 2.95. The number of nitrogens with one attached hydrogen (secondary N) is 1. The molecule has 5 rings (SSSR count). The van der Waals surface area contributed by atoms with E-state index in [1.54, 1.807) is 11.3 Å². The summed E-state index contributed by atoms with van der Waals surface area (Å²) in [4.78, 5) is 23.0. The van der Waals surface area contributed by atoms with E-state index in [1.807, 2.05) is 24.3 Å². The molecule has 0 aliphatic heterocycles. The molecule has 32 heavy (non-hydrogen) atoms. The van der Waals surface area contributed by atoms with Crippen LogP contribution >= 0.6 is 11.3 Å². The lowest BCUT2D eigenvalue weighted by atomic mass is 10.0. The second-order valence-electron chi connectivity index (χ2n) is 8.85. The van der Waals surface area contributed by atoms with Crippen LogP contribution in [0.3, 0.4) is 0 Å². The van der Waals surface area contributed by atoms with Gasteiger partial charge in [-0.15, -0.1) is 11.3 Å². The van der Waals surface area contributed by atoms with Gasteiger partial charge in [0, 0.05) is 10.4 Å².